The number of aromatic amines is 1. The summed E-state index contributed by atoms with van der Waals surface area (Å²) in [7, 11) is 6.02. The molecule has 686 valence electrons. The lowest BCUT2D eigenvalue weighted by Gasteiger charge is -2.38. The number of para-hydroxylation sites is 1. The van der Waals surface area contributed by atoms with E-state index < -0.39 is 181 Å². The number of amides is 13. The molecule has 34 nitrogen and oxygen atoms in total. The Labute approximate surface area is 748 Å². The van der Waals surface area contributed by atoms with Crippen molar-refractivity contribution in [2.75, 3.05) is 65.9 Å². The van der Waals surface area contributed by atoms with E-state index in [1.54, 1.807) is 111 Å². The number of hydrogen-bond donors (Lipinski definition) is 14. The molecule has 6 aromatic carbocycles. The van der Waals surface area contributed by atoms with Crippen LogP contribution >= 0.6 is 11.8 Å². The molecular formula is C93H120N16O18S. The molecule has 0 spiro atoms. The molecule has 14 atom stereocenters. The van der Waals surface area contributed by atoms with Crippen molar-refractivity contribution in [2.45, 2.75) is 190 Å². The lowest BCUT2D eigenvalue weighted by Crippen LogP contribution is -2.60. The number of epoxide rings is 1. The maximum absolute atomic E-state index is 15.3. The van der Waals surface area contributed by atoms with E-state index in [2.05, 4.69) is 47.5 Å². The minimum atomic E-state index is -1.54. The van der Waals surface area contributed by atoms with Crippen molar-refractivity contribution in [1.29, 1.82) is 0 Å². The van der Waals surface area contributed by atoms with Gasteiger partial charge < -0.3 is 103 Å². The molecular weight excluding hydrogens is 1660 g/mol. The molecule has 2 fully saturated rings. The minimum absolute atomic E-state index is 0.0183. The number of aliphatic hydroxyl groups is 1. The molecule has 2 saturated heterocycles. The van der Waals surface area contributed by atoms with Gasteiger partial charge in [-0.1, -0.05) is 167 Å². The van der Waals surface area contributed by atoms with E-state index >= 15 is 19.2 Å². The van der Waals surface area contributed by atoms with Crippen molar-refractivity contribution in [3.63, 3.8) is 0 Å². The number of phenolic OH excluding ortho intramolecular Hbond substituents is 2. The number of unbranched alkanes of at least 4 members (excludes halogenated alkanes) is 1. The van der Waals surface area contributed by atoms with Crippen molar-refractivity contribution >= 4 is 106 Å². The number of benzene rings is 6. The number of aldehydes is 1. The first-order valence-electron chi connectivity index (χ1n) is 43.0. The quantitative estimate of drug-likeness (QED) is 0.0191. The number of likely N-dealkylation sites (N-methyl/N-ethyl adjacent to an activating group) is 4. The fourth-order valence-corrected chi connectivity index (χ4v) is 16.5. The number of primary amides is 1. The van der Waals surface area contributed by atoms with Crippen LogP contribution in [0.4, 0.5) is 0 Å². The largest absolute Gasteiger partial charge is 0.508 e. The lowest BCUT2D eigenvalue weighted by molar-refractivity contribution is -0.152. The van der Waals surface area contributed by atoms with Crippen LogP contribution in [-0.4, -0.2) is 279 Å². The molecule has 0 radical (unpaired) electrons. The molecule has 128 heavy (non-hydrogen) atoms. The van der Waals surface area contributed by atoms with Crippen LogP contribution in [0.25, 0.3) is 10.9 Å². The Morgan fingerprint density at radius 3 is 1.66 bits per heavy atom. The Hall–Kier alpha value is -12.6. The van der Waals surface area contributed by atoms with E-state index in [0.717, 1.165) is 33.8 Å². The van der Waals surface area contributed by atoms with Gasteiger partial charge in [0.1, 0.15) is 90.5 Å². The van der Waals surface area contributed by atoms with Gasteiger partial charge in [-0.15, -0.1) is 11.8 Å². The number of hydrogen-bond acceptors (Lipinski definition) is 21. The fraction of sp³-hybridized carbons (Fsp3) is 0.441. The van der Waals surface area contributed by atoms with Crippen molar-refractivity contribution < 1.29 is 87.2 Å². The van der Waals surface area contributed by atoms with Crippen LogP contribution < -0.4 is 54.0 Å². The number of thioether (sulfide) groups is 1. The third-order valence-electron chi connectivity index (χ3n) is 22.7. The summed E-state index contributed by atoms with van der Waals surface area (Å²) < 4.78 is 6.28. The highest BCUT2D eigenvalue weighted by molar-refractivity contribution is 8.00. The summed E-state index contributed by atoms with van der Waals surface area (Å²) in [6.45, 7) is 5.48. The zero-order valence-electron chi connectivity index (χ0n) is 73.4. The number of carbonyl (C=O) groups is 14. The Bertz CT molecular complexity index is 4940. The van der Waals surface area contributed by atoms with Crippen molar-refractivity contribution in [1.82, 2.24) is 72.0 Å². The number of fused-ring (bicyclic) bond motifs is 1. The normalized spacial score (nSPS) is 16.7. The van der Waals surface area contributed by atoms with Crippen LogP contribution in [0, 0.1) is 5.92 Å². The van der Waals surface area contributed by atoms with Gasteiger partial charge in [0.15, 0.2) is 0 Å². The summed E-state index contributed by atoms with van der Waals surface area (Å²) in [5.41, 5.74) is 16.1. The fourth-order valence-electron chi connectivity index (χ4n) is 15.6. The molecule has 3 unspecified atom stereocenters. The molecule has 2 aliphatic heterocycles. The average Bonchev–Trinajstić information content (AvgIpc) is 1.65. The van der Waals surface area contributed by atoms with Gasteiger partial charge in [-0.3, -0.25) is 67.2 Å². The van der Waals surface area contributed by atoms with E-state index in [0.29, 0.717) is 47.8 Å². The predicted octanol–water partition coefficient (Wildman–Crippen LogP) is 1.97. The van der Waals surface area contributed by atoms with Crippen molar-refractivity contribution in [2.24, 2.45) is 17.4 Å². The first-order valence-corrected chi connectivity index (χ1v) is 44.1. The van der Waals surface area contributed by atoms with Gasteiger partial charge in [-0.2, -0.15) is 0 Å². The number of rotatable bonds is 49. The Kier molecular flexibility index (Phi) is 37.5. The second kappa shape index (κ2) is 48.4. The maximum Gasteiger partial charge on any atom is 0.246 e. The van der Waals surface area contributed by atoms with E-state index in [-0.39, 0.29) is 94.0 Å². The topological polar surface area (TPSA) is 492 Å². The van der Waals surface area contributed by atoms with Gasteiger partial charge in [0.25, 0.3) is 0 Å². The Balaban J connectivity index is 0.918. The molecule has 0 saturated carbocycles. The number of likely N-dealkylation sites (tertiary alicyclic amines) is 1. The van der Waals surface area contributed by atoms with Gasteiger partial charge in [0.2, 0.25) is 76.8 Å². The van der Waals surface area contributed by atoms with Crippen LogP contribution in [-0.2, 0) is 110 Å². The number of nitrogens with two attached hydrogens (primary N) is 2. The van der Waals surface area contributed by atoms with Crippen molar-refractivity contribution in [3.05, 3.63) is 203 Å². The van der Waals surface area contributed by atoms with E-state index in [9.17, 15) is 63.3 Å². The van der Waals surface area contributed by atoms with Crippen molar-refractivity contribution in [3.8, 4) is 11.5 Å². The van der Waals surface area contributed by atoms with Gasteiger partial charge >= 0.3 is 0 Å². The van der Waals surface area contributed by atoms with Gasteiger partial charge in [0.05, 0.1) is 37.5 Å². The van der Waals surface area contributed by atoms with Crippen LogP contribution in [0.5, 0.6) is 11.5 Å². The molecule has 3 heterocycles. The molecule has 35 heteroatoms. The van der Waals surface area contributed by atoms with Gasteiger partial charge in [-0.05, 0) is 116 Å². The van der Waals surface area contributed by atoms with E-state index in [1.807, 2.05) is 55.5 Å². The summed E-state index contributed by atoms with van der Waals surface area (Å²) in [5.74, 6) is -10.5. The Morgan fingerprint density at radius 1 is 0.562 bits per heavy atom. The average molecular weight is 1780 g/mol. The number of nitrogens with zero attached hydrogens (tertiary/aromatic N) is 5. The molecule has 0 aliphatic carbocycles. The first kappa shape index (κ1) is 99.2. The first-order chi connectivity index (χ1) is 61.2. The monoisotopic (exact) mass is 1780 g/mol. The number of aromatic hydroxyl groups is 2. The standard InChI is InChI=1S/C93H120N16O18S/c1-9-10-31-76(92(126)109-41-22-32-75(109)87(121)98-64(52-110)53-111)106(6)91(125)78(47-60-27-18-13-19-28-60)108(8)90(124)73(45-58-23-14-11-15-24-58)100-81(116)55-128-54-74(83(117)97-50-79(95)114)104-84(118)70(42-56(2)3)102-85(119)71(44-62-35-39-66(113)40-36-62)103-86(120)72(48-63-49-96-68-30-21-20-29-67(63)68)99-80(115)51-105(5)93-82(127-93)69(43-61-33-37-65(112)38-34-61)101-88(122)77(107(7)89(123)57(4)94)46-59-25-16-12-17-26-59/h11-21,23-30,33-40,49,52,56-57,64,69-78,82,93,96,111-113H,9-10,22,31-32,41-48,50-51,53-55,94H2,1-8H3,(H2,95,114)(H,97,117)(H,98,121)(H,99,115)(H,100,116)(H,101,122)(H,102,119)(H,103,120)(H,104,118)/t57-,64+,69-,70-,71-,72-,73-,74-,75+,76-,77?,78-,82?,93?/m0/s1. The van der Waals surface area contributed by atoms with Crippen LogP contribution in [0.1, 0.15) is 99.6 Å². The van der Waals surface area contributed by atoms with E-state index in [4.69, 9.17) is 16.2 Å². The highest BCUT2D eigenvalue weighted by Crippen LogP contribution is 2.32. The number of ether oxygens (including phenoxy) is 1. The van der Waals surface area contributed by atoms with Gasteiger partial charge in [-0.25, -0.2) is 0 Å². The van der Waals surface area contributed by atoms with Crippen LogP contribution in [0.3, 0.4) is 0 Å². The zero-order valence-corrected chi connectivity index (χ0v) is 74.2. The third-order valence-corrected chi connectivity index (χ3v) is 23.7. The van der Waals surface area contributed by atoms with Gasteiger partial charge in [0, 0.05) is 82.6 Å². The molecule has 0 bridgehead atoms. The minimum Gasteiger partial charge on any atom is -0.508 e. The summed E-state index contributed by atoms with van der Waals surface area (Å²) >= 11 is 0.861. The molecule has 7 aromatic rings. The highest BCUT2D eigenvalue weighted by Gasteiger charge is 2.50. The highest BCUT2D eigenvalue weighted by atomic mass is 32.2. The summed E-state index contributed by atoms with van der Waals surface area (Å²) in [4.78, 5) is 210. The maximum atomic E-state index is 15.3. The van der Waals surface area contributed by atoms with E-state index in [1.165, 1.54) is 84.1 Å². The summed E-state index contributed by atoms with van der Waals surface area (Å²) in [5, 5.41) is 53.0. The molecule has 16 N–H and O–H groups in total. The Morgan fingerprint density at radius 2 is 1.08 bits per heavy atom. The predicted molar refractivity (Wildman–Crippen MR) is 481 cm³/mol. The van der Waals surface area contributed by atoms with Crippen LogP contribution in [0.2, 0.25) is 0 Å². The number of aromatic nitrogens is 1. The summed E-state index contributed by atoms with van der Waals surface area (Å²) in [6.07, 6.45) is 2.41. The number of aliphatic hydroxyl groups excluding tert-OH is 1. The second-order valence-electron chi connectivity index (χ2n) is 33.1. The molecule has 2 aliphatic rings. The molecule has 13 amide bonds. The second-order valence-corrected chi connectivity index (χ2v) is 34.1. The lowest BCUT2D eigenvalue weighted by atomic mass is 9.99. The number of nitrogens with one attached hydrogen (secondary N) is 9. The number of carbonyl (C=O) groups excluding carboxylic acids is 14. The zero-order chi connectivity index (χ0) is 92.8. The third kappa shape index (κ3) is 29.0. The number of phenols is 2. The number of H-pyrrole nitrogens is 1. The smallest absolute Gasteiger partial charge is 0.246 e. The molecule has 9 rings (SSSR count). The molecule has 1 aromatic heterocycles. The SMILES string of the molecule is CCCC[C@@H](C(=O)N1CCC[C@@H]1C(=O)N[C@H](C=O)CO)N(C)C(=O)[C@H](Cc1ccccc1)N(C)C(=O)[C@H](Cc1ccccc1)NC(=O)CSC[C@H](NC(=O)[C@H](CC(C)C)NC(=O)[C@H](Cc1ccc(O)cc1)NC(=O)[C@H](Cc1c[nH]c2ccccc12)NC(=O)CN(C)C1OC1[C@H](Cc1ccc(O)cc1)NC(=O)C(Cc1ccccc1)N(C)C(=O)[C@H](C)N)C(=O)NCC(N)=O. The summed E-state index contributed by atoms with van der Waals surface area (Å²) in [6, 6.07) is 31.8. The van der Waals surface area contributed by atoms with Crippen LogP contribution in [0.15, 0.2) is 170 Å².